The first kappa shape index (κ1) is 15.5. The number of nitrogens with one attached hydrogen (secondary N) is 1. The van der Waals surface area contributed by atoms with E-state index < -0.39 is 0 Å². The number of hydrogen-bond donors (Lipinski definition) is 1. The predicted octanol–water partition coefficient (Wildman–Crippen LogP) is 4.05. The van der Waals surface area contributed by atoms with Crippen molar-refractivity contribution in [2.75, 3.05) is 13.1 Å². The number of hydrogen-bond acceptors (Lipinski definition) is 2. The van der Waals surface area contributed by atoms with Gasteiger partial charge in [-0.25, -0.2) is 0 Å². The van der Waals surface area contributed by atoms with Crippen molar-refractivity contribution in [3.63, 3.8) is 0 Å². The zero-order valence-electron chi connectivity index (χ0n) is 13.2. The van der Waals surface area contributed by atoms with Gasteiger partial charge in [-0.3, -0.25) is 0 Å². The molecule has 1 saturated heterocycles. The fraction of sp³-hybridized carbons (Fsp3) is 0.667. The van der Waals surface area contributed by atoms with Crippen molar-refractivity contribution in [2.45, 2.75) is 51.7 Å². The Labute approximate surface area is 137 Å². The molecule has 2 bridgehead atoms. The average Bonchev–Trinajstić information content (AvgIpc) is 2.45. The predicted molar refractivity (Wildman–Crippen MR) is 92.3 cm³/mol. The Morgan fingerprint density at radius 2 is 1.86 bits per heavy atom. The second-order valence-electron chi connectivity index (χ2n) is 7.00. The first-order chi connectivity index (χ1) is 10.1. The minimum absolute atomic E-state index is 0.692. The molecular formula is C18H27BrN2. The van der Waals surface area contributed by atoms with E-state index >= 15 is 0 Å². The molecule has 1 saturated carbocycles. The van der Waals surface area contributed by atoms with Crippen molar-refractivity contribution in [3.8, 4) is 0 Å². The third-order valence-electron chi connectivity index (χ3n) is 5.32. The van der Waals surface area contributed by atoms with Crippen LogP contribution in [0.3, 0.4) is 0 Å². The monoisotopic (exact) mass is 350 g/mol. The zero-order chi connectivity index (χ0) is 14.8. The van der Waals surface area contributed by atoms with Gasteiger partial charge in [0.1, 0.15) is 0 Å². The second kappa shape index (κ2) is 6.80. The molecule has 1 heterocycles. The van der Waals surface area contributed by atoms with Crippen LogP contribution in [-0.4, -0.2) is 30.1 Å². The van der Waals surface area contributed by atoms with Crippen molar-refractivity contribution in [3.05, 3.63) is 34.3 Å². The van der Waals surface area contributed by atoms with Gasteiger partial charge in [-0.15, -0.1) is 0 Å². The Hall–Kier alpha value is -0.380. The second-order valence-corrected chi connectivity index (χ2v) is 7.85. The molecule has 1 aromatic rings. The Morgan fingerprint density at radius 1 is 1.19 bits per heavy atom. The van der Waals surface area contributed by atoms with Gasteiger partial charge in [-0.05, 0) is 50.2 Å². The first-order valence-corrected chi connectivity index (χ1v) is 9.15. The summed E-state index contributed by atoms with van der Waals surface area (Å²) in [6.07, 6.45) is 4.22. The number of likely N-dealkylation sites (tertiary alicyclic amines) is 1. The highest BCUT2D eigenvalue weighted by Crippen LogP contribution is 2.36. The Kier molecular flexibility index (Phi) is 5.03. The van der Waals surface area contributed by atoms with Crippen molar-refractivity contribution in [2.24, 2.45) is 11.8 Å². The molecular weight excluding hydrogens is 324 g/mol. The van der Waals surface area contributed by atoms with Gasteiger partial charge in [0.15, 0.2) is 0 Å². The van der Waals surface area contributed by atoms with Crippen LogP contribution >= 0.6 is 15.9 Å². The molecule has 3 rings (SSSR count). The van der Waals surface area contributed by atoms with Crippen LogP contribution in [0.1, 0.15) is 38.7 Å². The van der Waals surface area contributed by atoms with E-state index in [9.17, 15) is 0 Å². The summed E-state index contributed by atoms with van der Waals surface area (Å²) in [4.78, 5) is 2.69. The first-order valence-electron chi connectivity index (χ1n) is 8.36. The lowest BCUT2D eigenvalue weighted by Crippen LogP contribution is -2.58. The summed E-state index contributed by atoms with van der Waals surface area (Å²) in [5.74, 6) is 1.67. The lowest BCUT2D eigenvalue weighted by Gasteiger charge is -2.49. The molecule has 2 unspecified atom stereocenters. The van der Waals surface area contributed by atoms with Gasteiger partial charge in [-0.1, -0.05) is 40.5 Å². The van der Waals surface area contributed by atoms with Gasteiger partial charge >= 0.3 is 0 Å². The highest BCUT2D eigenvalue weighted by Gasteiger charge is 2.39. The molecule has 1 aliphatic heterocycles. The van der Waals surface area contributed by atoms with Crippen LogP contribution in [0.2, 0.25) is 0 Å². The Bertz CT molecular complexity index is 460. The maximum atomic E-state index is 3.88. The topological polar surface area (TPSA) is 15.3 Å². The summed E-state index contributed by atoms with van der Waals surface area (Å²) in [5, 5.41) is 3.88. The smallest absolute Gasteiger partial charge is 0.0220 e. The summed E-state index contributed by atoms with van der Waals surface area (Å²) in [6, 6.07) is 9.97. The van der Waals surface area contributed by atoms with E-state index in [1.165, 1.54) is 42.4 Å². The van der Waals surface area contributed by atoms with Crippen molar-refractivity contribution in [1.29, 1.82) is 0 Å². The van der Waals surface area contributed by atoms with Gasteiger partial charge < -0.3 is 10.2 Å². The minimum atomic E-state index is 0.692. The van der Waals surface area contributed by atoms with Crippen LogP contribution in [0.4, 0.5) is 0 Å². The molecule has 0 aromatic heterocycles. The van der Waals surface area contributed by atoms with Crippen LogP contribution in [0.25, 0.3) is 0 Å². The number of piperidine rings is 1. The maximum Gasteiger partial charge on any atom is 0.0220 e. The molecule has 0 radical (unpaired) electrons. The number of rotatable bonds is 4. The molecule has 3 heteroatoms. The molecule has 2 nitrogen and oxygen atoms in total. The van der Waals surface area contributed by atoms with Gasteiger partial charge in [0.25, 0.3) is 0 Å². The minimum Gasteiger partial charge on any atom is -0.309 e. The largest absolute Gasteiger partial charge is 0.309 e. The summed E-state index contributed by atoms with van der Waals surface area (Å²) < 4.78 is 1.22. The lowest BCUT2D eigenvalue weighted by molar-refractivity contribution is 0.0290. The van der Waals surface area contributed by atoms with Gasteiger partial charge in [-0.2, -0.15) is 0 Å². The number of fused-ring (bicyclic) bond motifs is 2. The van der Waals surface area contributed by atoms with Crippen LogP contribution in [0.15, 0.2) is 28.7 Å². The van der Waals surface area contributed by atoms with Crippen LogP contribution in [0, 0.1) is 11.8 Å². The van der Waals surface area contributed by atoms with E-state index in [0.717, 1.165) is 18.4 Å². The van der Waals surface area contributed by atoms with E-state index in [0.29, 0.717) is 12.1 Å². The van der Waals surface area contributed by atoms with Gasteiger partial charge in [0.05, 0.1) is 0 Å². The Balaban J connectivity index is 1.64. The molecule has 1 aromatic carbocycles. The van der Waals surface area contributed by atoms with Gasteiger partial charge in [0, 0.05) is 36.2 Å². The molecule has 116 valence electrons. The number of benzene rings is 1. The summed E-state index contributed by atoms with van der Waals surface area (Å²) in [6.45, 7) is 8.22. The standard InChI is InChI=1S/C18H27BrN2/c1-13(2)21-11-15-7-5-8-16(12-21)18(15)20-10-14-6-3-4-9-17(14)19/h3-4,6,9,13,15-16,18,20H,5,7-8,10-12H2,1-2H3. The number of nitrogens with zero attached hydrogens (tertiary/aromatic N) is 1. The fourth-order valence-corrected chi connectivity index (χ4v) is 4.52. The maximum absolute atomic E-state index is 3.88. The number of halogens is 1. The van der Waals surface area contributed by atoms with E-state index in [1.807, 2.05) is 0 Å². The molecule has 0 amide bonds. The van der Waals surface area contributed by atoms with Crippen molar-refractivity contribution >= 4 is 15.9 Å². The van der Waals surface area contributed by atoms with E-state index in [1.54, 1.807) is 0 Å². The van der Waals surface area contributed by atoms with Crippen molar-refractivity contribution in [1.82, 2.24) is 10.2 Å². The normalized spacial score (nSPS) is 29.8. The summed E-state index contributed by atoms with van der Waals surface area (Å²) in [5.41, 5.74) is 1.38. The van der Waals surface area contributed by atoms with E-state index in [4.69, 9.17) is 0 Å². The summed E-state index contributed by atoms with van der Waals surface area (Å²) >= 11 is 3.66. The van der Waals surface area contributed by atoms with Crippen LogP contribution < -0.4 is 5.32 Å². The molecule has 21 heavy (non-hydrogen) atoms. The quantitative estimate of drug-likeness (QED) is 0.881. The third kappa shape index (κ3) is 3.52. The van der Waals surface area contributed by atoms with Gasteiger partial charge in [0.2, 0.25) is 0 Å². The molecule has 1 aliphatic carbocycles. The van der Waals surface area contributed by atoms with Crippen molar-refractivity contribution < 1.29 is 0 Å². The van der Waals surface area contributed by atoms with E-state index in [-0.39, 0.29) is 0 Å². The average molecular weight is 351 g/mol. The molecule has 2 fully saturated rings. The molecule has 1 N–H and O–H groups in total. The SMILES string of the molecule is CC(C)N1CC2CCCC(C1)C2NCc1ccccc1Br. The van der Waals surface area contributed by atoms with Crippen LogP contribution in [0.5, 0.6) is 0 Å². The summed E-state index contributed by atoms with van der Waals surface area (Å²) in [7, 11) is 0. The Morgan fingerprint density at radius 3 is 2.48 bits per heavy atom. The fourth-order valence-electron chi connectivity index (χ4n) is 4.10. The molecule has 2 atom stereocenters. The third-order valence-corrected chi connectivity index (χ3v) is 6.09. The molecule has 0 spiro atoms. The highest BCUT2D eigenvalue weighted by atomic mass is 79.9. The molecule has 2 aliphatic rings. The van der Waals surface area contributed by atoms with Crippen LogP contribution in [-0.2, 0) is 6.54 Å². The van der Waals surface area contributed by atoms with E-state index in [2.05, 4.69) is 64.3 Å². The zero-order valence-corrected chi connectivity index (χ0v) is 14.8. The highest BCUT2D eigenvalue weighted by molar-refractivity contribution is 9.10. The lowest BCUT2D eigenvalue weighted by atomic mass is 9.73.